The number of carbonyl (C=O) groups is 4. The highest BCUT2D eigenvalue weighted by atomic mass is 31.2. The van der Waals surface area contributed by atoms with E-state index in [4.69, 9.17) is 37.0 Å². The number of rotatable bonds is 82. The van der Waals surface area contributed by atoms with E-state index in [0.717, 1.165) is 102 Å². The molecule has 0 saturated carbocycles. The Morgan fingerprint density at radius 3 is 0.745 bits per heavy atom. The van der Waals surface area contributed by atoms with Crippen LogP contribution < -0.4 is 0 Å². The van der Waals surface area contributed by atoms with Crippen molar-refractivity contribution in [3.8, 4) is 0 Å². The van der Waals surface area contributed by atoms with E-state index in [9.17, 15) is 43.2 Å². The van der Waals surface area contributed by atoms with Gasteiger partial charge in [0.2, 0.25) is 0 Å². The first kappa shape index (κ1) is 100. The summed E-state index contributed by atoms with van der Waals surface area (Å²) in [5.41, 5.74) is 0. The molecule has 6 atom stereocenters. The van der Waals surface area contributed by atoms with E-state index in [-0.39, 0.29) is 25.7 Å². The standard InChI is InChI=1S/C83H162O17P2/c1-7-10-12-14-16-18-20-22-23-26-30-34-37-41-47-53-59-65-80(85)93-71-78(99-83(88)68-62-56-49-43-39-35-31-28-25-24-27-29-33-36-40-46-52-58-64-76(6)9-3)73-97-101(89,90)95-69-77(84)70-96-102(91,92)98-74-79(72-94-81(86)66-60-54-50-44-45-51-57-63-75(4)5)100-82(87)67-61-55-48-42-38-32-21-19-17-15-13-11-8-2/h75-79,84H,7-74H2,1-6H3,(H,89,90)(H,91,92)/t76?,77-,78-,79-/m1/s1. The first-order chi connectivity index (χ1) is 49.4. The largest absolute Gasteiger partial charge is 0.472 e. The highest BCUT2D eigenvalue weighted by molar-refractivity contribution is 7.47. The van der Waals surface area contributed by atoms with Gasteiger partial charge in [-0.3, -0.25) is 37.3 Å². The van der Waals surface area contributed by atoms with Crippen LogP contribution in [-0.2, 0) is 65.4 Å². The summed E-state index contributed by atoms with van der Waals surface area (Å²) in [6.07, 6.45) is 65.3. The number of unbranched alkanes of at least 4 members (excludes halogenated alkanes) is 51. The summed E-state index contributed by atoms with van der Waals surface area (Å²) < 4.78 is 68.7. The fourth-order valence-electron chi connectivity index (χ4n) is 12.9. The van der Waals surface area contributed by atoms with Gasteiger partial charge in [0.1, 0.15) is 19.3 Å². The average Bonchev–Trinajstić information content (AvgIpc) is 0.913. The highest BCUT2D eigenvalue weighted by Crippen LogP contribution is 2.45. The average molecular weight is 1490 g/mol. The zero-order chi connectivity index (χ0) is 74.9. The van der Waals surface area contributed by atoms with Crippen molar-refractivity contribution >= 4 is 39.5 Å². The van der Waals surface area contributed by atoms with Gasteiger partial charge >= 0.3 is 39.5 Å². The molecular formula is C83H162O17P2. The molecule has 0 bridgehead atoms. The van der Waals surface area contributed by atoms with Crippen molar-refractivity contribution in [1.29, 1.82) is 0 Å². The van der Waals surface area contributed by atoms with Gasteiger partial charge in [0.25, 0.3) is 0 Å². The van der Waals surface area contributed by atoms with Gasteiger partial charge in [0.05, 0.1) is 26.4 Å². The van der Waals surface area contributed by atoms with Gasteiger partial charge in [-0.2, -0.15) is 0 Å². The maximum absolute atomic E-state index is 13.1. The van der Waals surface area contributed by atoms with Crippen LogP contribution in [0.15, 0.2) is 0 Å². The lowest BCUT2D eigenvalue weighted by molar-refractivity contribution is -0.161. The Bertz CT molecular complexity index is 1960. The fourth-order valence-corrected chi connectivity index (χ4v) is 14.4. The summed E-state index contributed by atoms with van der Waals surface area (Å²) in [6, 6.07) is 0. The summed E-state index contributed by atoms with van der Waals surface area (Å²) >= 11 is 0. The molecule has 0 saturated heterocycles. The number of hydrogen-bond donors (Lipinski definition) is 3. The van der Waals surface area contributed by atoms with E-state index < -0.39 is 97.5 Å². The van der Waals surface area contributed by atoms with Crippen molar-refractivity contribution in [2.45, 2.75) is 458 Å². The first-order valence-electron chi connectivity index (χ1n) is 43.0. The normalized spacial score (nSPS) is 14.1. The molecule has 0 amide bonds. The number of carbonyl (C=O) groups excluding carboxylic acids is 4. The second kappa shape index (κ2) is 74.5. The molecule has 17 nitrogen and oxygen atoms in total. The van der Waals surface area contributed by atoms with Gasteiger partial charge < -0.3 is 33.8 Å². The number of phosphoric acid groups is 2. The SMILES string of the molecule is CCCCCCCCCCCCCCCCCCCC(=O)OC[C@H](COP(=O)(O)OC[C@@H](O)COP(=O)(O)OC[C@@H](COC(=O)CCCCCCCCCC(C)C)OC(=O)CCCCCCCCCCCCCCC)OC(=O)CCCCCCCCCCCCCCCCCCCCC(C)CC. The second-order valence-electron chi connectivity index (χ2n) is 30.6. The van der Waals surface area contributed by atoms with Gasteiger partial charge in [-0.15, -0.1) is 0 Å². The molecule has 0 rings (SSSR count). The van der Waals surface area contributed by atoms with Gasteiger partial charge in [-0.1, -0.05) is 388 Å². The Morgan fingerprint density at radius 1 is 0.284 bits per heavy atom. The number of aliphatic hydroxyl groups excluding tert-OH is 1. The zero-order valence-corrected chi connectivity index (χ0v) is 68.7. The van der Waals surface area contributed by atoms with Crippen LogP contribution in [0.2, 0.25) is 0 Å². The maximum Gasteiger partial charge on any atom is 0.472 e. The Balaban J connectivity index is 5.21. The molecule has 0 aliphatic heterocycles. The van der Waals surface area contributed by atoms with E-state index >= 15 is 0 Å². The molecule has 606 valence electrons. The van der Waals surface area contributed by atoms with E-state index in [1.54, 1.807) is 0 Å². The van der Waals surface area contributed by atoms with E-state index in [1.807, 2.05) is 0 Å². The molecule has 3 N–H and O–H groups in total. The Kier molecular flexibility index (Phi) is 73.1. The van der Waals surface area contributed by atoms with Crippen LogP contribution in [0.25, 0.3) is 0 Å². The first-order valence-corrected chi connectivity index (χ1v) is 46.0. The predicted molar refractivity (Wildman–Crippen MR) is 418 cm³/mol. The van der Waals surface area contributed by atoms with Crippen LogP contribution in [0.1, 0.15) is 440 Å². The molecule has 0 spiro atoms. The molecule has 0 radical (unpaired) electrons. The number of esters is 4. The minimum absolute atomic E-state index is 0.107. The lowest BCUT2D eigenvalue weighted by Crippen LogP contribution is -2.30. The minimum atomic E-state index is -4.96. The third-order valence-corrected chi connectivity index (χ3v) is 21.7. The molecule has 0 fully saturated rings. The van der Waals surface area contributed by atoms with Gasteiger partial charge in [-0.05, 0) is 37.5 Å². The van der Waals surface area contributed by atoms with Crippen molar-refractivity contribution in [1.82, 2.24) is 0 Å². The second-order valence-corrected chi connectivity index (χ2v) is 33.5. The number of phosphoric ester groups is 2. The fraction of sp³-hybridized carbons (Fsp3) is 0.952. The quantitative estimate of drug-likeness (QED) is 0.0222. The molecule has 19 heteroatoms. The van der Waals surface area contributed by atoms with E-state index in [2.05, 4.69) is 41.5 Å². The van der Waals surface area contributed by atoms with E-state index in [1.165, 1.54) is 250 Å². The minimum Gasteiger partial charge on any atom is -0.462 e. The lowest BCUT2D eigenvalue weighted by atomic mass is 9.99. The number of ether oxygens (including phenoxy) is 4. The molecular weight excluding hydrogens is 1330 g/mol. The van der Waals surface area contributed by atoms with Gasteiger partial charge in [0, 0.05) is 25.7 Å². The molecule has 0 aliphatic rings. The molecule has 3 unspecified atom stereocenters. The van der Waals surface area contributed by atoms with Crippen LogP contribution in [0, 0.1) is 11.8 Å². The molecule has 0 heterocycles. The third-order valence-electron chi connectivity index (χ3n) is 19.8. The topological polar surface area (TPSA) is 237 Å². The van der Waals surface area contributed by atoms with Crippen molar-refractivity contribution in [2.75, 3.05) is 39.6 Å². The van der Waals surface area contributed by atoms with E-state index in [0.29, 0.717) is 31.6 Å². The van der Waals surface area contributed by atoms with Crippen LogP contribution in [0.5, 0.6) is 0 Å². The smallest absolute Gasteiger partial charge is 0.462 e. The predicted octanol–water partition coefficient (Wildman–Crippen LogP) is 25.1. The Morgan fingerprint density at radius 2 is 0.500 bits per heavy atom. The summed E-state index contributed by atoms with van der Waals surface area (Å²) in [7, 11) is -9.92. The van der Waals surface area contributed by atoms with Crippen molar-refractivity contribution in [3.05, 3.63) is 0 Å². The third kappa shape index (κ3) is 74.9. The molecule has 0 aromatic heterocycles. The molecule has 0 aliphatic carbocycles. The van der Waals surface area contributed by atoms with Crippen LogP contribution in [0.4, 0.5) is 0 Å². The Labute approximate surface area is 626 Å². The van der Waals surface area contributed by atoms with Gasteiger partial charge in [-0.25, -0.2) is 9.13 Å². The maximum atomic E-state index is 13.1. The van der Waals surface area contributed by atoms with Gasteiger partial charge in [0.15, 0.2) is 12.2 Å². The molecule has 0 aromatic rings. The number of hydrogen-bond acceptors (Lipinski definition) is 15. The highest BCUT2D eigenvalue weighted by Gasteiger charge is 2.30. The van der Waals surface area contributed by atoms with Crippen molar-refractivity contribution < 1.29 is 80.2 Å². The van der Waals surface area contributed by atoms with Crippen molar-refractivity contribution in [3.63, 3.8) is 0 Å². The van der Waals surface area contributed by atoms with Crippen LogP contribution in [0.3, 0.4) is 0 Å². The lowest BCUT2D eigenvalue weighted by Gasteiger charge is -2.21. The van der Waals surface area contributed by atoms with Crippen LogP contribution in [-0.4, -0.2) is 96.7 Å². The molecule has 102 heavy (non-hydrogen) atoms. The van der Waals surface area contributed by atoms with Crippen LogP contribution >= 0.6 is 15.6 Å². The molecule has 0 aromatic carbocycles. The summed E-state index contributed by atoms with van der Waals surface area (Å²) in [6.45, 7) is 9.66. The summed E-state index contributed by atoms with van der Waals surface area (Å²) in [4.78, 5) is 73.1. The number of aliphatic hydroxyl groups is 1. The summed E-state index contributed by atoms with van der Waals surface area (Å²) in [5, 5.41) is 10.6. The Hall–Kier alpha value is -1.94. The monoisotopic (exact) mass is 1490 g/mol. The zero-order valence-electron chi connectivity index (χ0n) is 66.9. The summed E-state index contributed by atoms with van der Waals surface area (Å²) in [5.74, 6) is -0.530. The van der Waals surface area contributed by atoms with Crippen molar-refractivity contribution in [2.24, 2.45) is 11.8 Å².